The van der Waals surface area contributed by atoms with Crippen LogP contribution >= 0.6 is 11.3 Å². The summed E-state index contributed by atoms with van der Waals surface area (Å²) < 4.78 is 32.3. The zero-order valence-electron chi connectivity index (χ0n) is 9.47. The first-order chi connectivity index (χ1) is 7.99. The van der Waals surface area contributed by atoms with Gasteiger partial charge in [0, 0.05) is 19.3 Å². The smallest absolute Gasteiger partial charge is 0.252 e. The maximum absolute atomic E-state index is 12.1. The second kappa shape index (κ2) is 4.89. The summed E-state index contributed by atoms with van der Waals surface area (Å²) in [6, 6.07) is -0.0588. The summed E-state index contributed by atoms with van der Waals surface area (Å²) in [5, 5.41) is 0.273. The number of nitrogens with two attached hydrogens (primary N) is 1. The lowest BCUT2D eigenvalue weighted by molar-refractivity contribution is 0.0832. The molecule has 2 rings (SSSR count). The van der Waals surface area contributed by atoms with Crippen LogP contribution in [0.4, 0.5) is 5.13 Å². The molecule has 96 valence electrons. The van der Waals surface area contributed by atoms with E-state index in [0.717, 1.165) is 11.3 Å². The van der Waals surface area contributed by atoms with Crippen LogP contribution in [0.5, 0.6) is 0 Å². The van der Waals surface area contributed by atoms with Gasteiger partial charge in [-0.25, -0.2) is 18.1 Å². The van der Waals surface area contributed by atoms with Gasteiger partial charge in [0.15, 0.2) is 9.34 Å². The lowest BCUT2D eigenvalue weighted by atomic mass is 10.1. The van der Waals surface area contributed by atoms with Crippen LogP contribution in [0.2, 0.25) is 0 Å². The summed E-state index contributed by atoms with van der Waals surface area (Å²) in [6.45, 7) is 2.83. The minimum atomic E-state index is -3.50. The molecule has 0 spiro atoms. The summed E-state index contributed by atoms with van der Waals surface area (Å²) in [5.41, 5.74) is 5.96. The molecule has 0 atom stereocenters. The van der Waals surface area contributed by atoms with Crippen LogP contribution in [-0.4, -0.2) is 32.7 Å². The fourth-order valence-corrected chi connectivity index (χ4v) is 4.36. The Balaban J connectivity index is 2.15. The van der Waals surface area contributed by atoms with E-state index in [1.54, 1.807) is 6.92 Å². The van der Waals surface area contributed by atoms with Crippen molar-refractivity contribution in [3.63, 3.8) is 0 Å². The maximum atomic E-state index is 12.1. The van der Waals surface area contributed by atoms with Crippen LogP contribution in [0.1, 0.15) is 18.5 Å². The van der Waals surface area contributed by atoms with Crippen molar-refractivity contribution in [2.45, 2.75) is 30.0 Å². The third-order valence-electron chi connectivity index (χ3n) is 2.56. The van der Waals surface area contributed by atoms with Gasteiger partial charge in [-0.3, -0.25) is 0 Å². The van der Waals surface area contributed by atoms with E-state index in [1.165, 1.54) is 0 Å². The molecular formula is C9H15N3O3S2. The van der Waals surface area contributed by atoms with Crippen LogP contribution < -0.4 is 10.5 Å². The van der Waals surface area contributed by atoms with Gasteiger partial charge >= 0.3 is 0 Å². The molecule has 0 aliphatic carbocycles. The molecule has 1 aliphatic rings. The summed E-state index contributed by atoms with van der Waals surface area (Å²) in [7, 11) is -3.50. The van der Waals surface area contributed by atoms with Gasteiger partial charge in [-0.2, -0.15) is 0 Å². The summed E-state index contributed by atoms with van der Waals surface area (Å²) >= 11 is 0.995. The number of rotatable bonds is 3. The first-order valence-electron chi connectivity index (χ1n) is 5.32. The molecule has 1 aromatic rings. The van der Waals surface area contributed by atoms with Crippen molar-refractivity contribution in [3.8, 4) is 0 Å². The molecule has 0 bridgehead atoms. The van der Waals surface area contributed by atoms with Gasteiger partial charge in [0.25, 0.3) is 10.0 Å². The molecule has 1 aromatic heterocycles. The van der Waals surface area contributed by atoms with Crippen molar-refractivity contribution >= 4 is 26.5 Å². The topological polar surface area (TPSA) is 94.3 Å². The molecule has 0 amide bonds. The highest BCUT2D eigenvalue weighted by Gasteiger charge is 2.25. The molecule has 8 heteroatoms. The number of hydrogen-bond donors (Lipinski definition) is 2. The summed E-state index contributed by atoms with van der Waals surface area (Å²) in [5.74, 6) is 0. The van der Waals surface area contributed by atoms with Crippen molar-refractivity contribution in [3.05, 3.63) is 5.69 Å². The number of nitrogen functional groups attached to an aromatic ring is 1. The van der Waals surface area contributed by atoms with Gasteiger partial charge in [0.2, 0.25) is 0 Å². The fourth-order valence-electron chi connectivity index (χ4n) is 1.74. The minimum Gasteiger partial charge on any atom is -0.381 e. The Morgan fingerprint density at radius 3 is 2.65 bits per heavy atom. The number of nitrogens with zero attached hydrogens (tertiary/aromatic N) is 1. The highest BCUT2D eigenvalue weighted by molar-refractivity contribution is 7.91. The third kappa shape index (κ3) is 2.95. The maximum Gasteiger partial charge on any atom is 0.252 e. The van der Waals surface area contributed by atoms with Crippen molar-refractivity contribution in [2.75, 3.05) is 18.9 Å². The normalized spacial score (nSPS) is 18.4. The average Bonchev–Trinajstić information content (AvgIpc) is 2.59. The van der Waals surface area contributed by atoms with E-state index in [9.17, 15) is 8.42 Å². The monoisotopic (exact) mass is 277 g/mol. The highest BCUT2D eigenvalue weighted by Crippen LogP contribution is 2.25. The zero-order valence-corrected chi connectivity index (χ0v) is 11.1. The number of hydrogen-bond acceptors (Lipinski definition) is 6. The molecule has 1 saturated heterocycles. The van der Waals surface area contributed by atoms with E-state index in [1.807, 2.05) is 0 Å². The first-order valence-corrected chi connectivity index (χ1v) is 7.62. The molecule has 1 aliphatic heterocycles. The second-order valence-electron chi connectivity index (χ2n) is 3.93. The largest absolute Gasteiger partial charge is 0.381 e. The minimum absolute atomic E-state index is 0.0588. The predicted octanol–water partition coefficient (Wildman–Crippen LogP) is 0.491. The summed E-state index contributed by atoms with van der Waals surface area (Å²) in [6.07, 6.45) is 1.40. The number of thiazole rings is 1. The lowest BCUT2D eigenvalue weighted by Crippen LogP contribution is -2.38. The molecule has 0 radical (unpaired) electrons. The van der Waals surface area contributed by atoms with E-state index < -0.39 is 10.0 Å². The van der Waals surface area contributed by atoms with Crippen LogP contribution in [-0.2, 0) is 14.8 Å². The Labute approximate surface area is 104 Å². The van der Waals surface area contributed by atoms with Gasteiger partial charge in [0.1, 0.15) is 0 Å². The zero-order chi connectivity index (χ0) is 12.5. The van der Waals surface area contributed by atoms with E-state index in [-0.39, 0.29) is 15.4 Å². The van der Waals surface area contributed by atoms with Crippen LogP contribution in [0, 0.1) is 6.92 Å². The number of ether oxygens (including phenoxy) is 1. The Morgan fingerprint density at radius 1 is 1.47 bits per heavy atom. The highest BCUT2D eigenvalue weighted by atomic mass is 32.2. The van der Waals surface area contributed by atoms with E-state index in [0.29, 0.717) is 31.7 Å². The second-order valence-corrected chi connectivity index (χ2v) is 6.87. The number of aromatic nitrogens is 1. The van der Waals surface area contributed by atoms with Crippen molar-refractivity contribution in [1.29, 1.82) is 0 Å². The van der Waals surface area contributed by atoms with E-state index >= 15 is 0 Å². The molecule has 3 N–H and O–H groups in total. The van der Waals surface area contributed by atoms with Gasteiger partial charge in [0.05, 0.1) is 5.69 Å². The Kier molecular flexibility index (Phi) is 3.67. The summed E-state index contributed by atoms with van der Waals surface area (Å²) in [4.78, 5) is 3.92. The molecule has 0 aromatic carbocycles. The molecule has 1 fully saturated rings. The number of aryl methyl sites for hydroxylation is 1. The molecule has 0 saturated carbocycles. The van der Waals surface area contributed by atoms with E-state index in [4.69, 9.17) is 10.5 Å². The number of nitrogens with one attached hydrogen (secondary N) is 1. The Hall–Kier alpha value is -0.700. The van der Waals surface area contributed by atoms with Gasteiger partial charge in [-0.1, -0.05) is 11.3 Å². The standard InChI is InChI=1S/C9H15N3O3S2/c1-6-8(16-9(10)11-6)17(13,14)12-7-2-4-15-5-3-7/h7,12H,2-5H2,1H3,(H2,10,11). The van der Waals surface area contributed by atoms with Gasteiger partial charge in [-0.15, -0.1) is 0 Å². The Morgan fingerprint density at radius 2 is 2.12 bits per heavy atom. The van der Waals surface area contributed by atoms with Crippen molar-refractivity contribution < 1.29 is 13.2 Å². The molecule has 6 nitrogen and oxygen atoms in total. The fraction of sp³-hybridized carbons (Fsp3) is 0.667. The van der Waals surface area contributed by atoms with Gasteiger partial charge < -0.3 is 10.5 Å². The van der Waals surface area contributed by atoms with Crippen LogP contribution in [0.15, 0.2) is 4.21 Å². The van der Waals surface area contributed by atoms with Gasteiger partial charge in [-0.05, 0) is 19.8 Å². The lowest BCUT2D eigenvalue weighted by Gasteiger charge is -2.22. The Bertz CT molecular complexity index is 492. The predicted molar refractivity (Wildman–Crippen MR) is 65.4 cm³/mol. The molecule has 0 unspecified atom stereocenters. The van der Waals surface area contributed by atoms with Crippen molar-refractivity contribution in [1.82, 2.24) is 9.71 Å². The number of anilines is 1. The quantitative estimate of drug-likeness (QED) is 0.838. The average molecular weight is 277 g/mol. The molecular weight excluding hydrogens is 262 g/mol. The van der Waals surface area contributed by atoms with Crippen LogP contribution in [0.25, 0.3) is 0 Å². The molecule has 2 heterocycles. The third-order valence-corrected chi connectivity index (χ3v) is 5.67. The van der Waals surface area contributed by atoms with E-state index in [2.05, 4.69) is 9.71 Å². The first kappa shape index (κ1) is 12.7. The number of sulfonamides is 1. The molecule has 17 heavy (non-hydrogen) atoms. The van der Waals surface area contributed by atoms with Crippen molar-refractivity contribution in [2.24, 2.45) is 0 Å². The van der Waals surface area contributed by atoms with Crippen LogP contribution in [0.3, 0.4) is 0 Å². The SMILES string of the molecule is Cc1nc(N)sc1S(=O)(=O)NC1CCOCC1.